The smallest absolute Gasteiger partial charge is 0.306 e. The SMILES string of the molecule is C[C@]12CC/C(=N/O[C@@H]3CCNC3)CC1OC(=O)C[C@@H]1[C@@H]2CC[C@]2(C)C(=O)CC[C@@H]12. The summed E-state index contributed by atoms with van der Waals surface area (Å²) in [4.78, 5) is 31.2. The molecule has 5 fully saturated rings. The molecule has 0 spiro atoms. The fraction of sp³-hybridized carbons (Fsp3) is 0.870. The number of ketones is 1. The zero-order valence-electron chi connectivity index (χ0n) is 17.7. The van der Waals surface area contributed by atoms with E-state index < -0.39 is 0 Å². The van der Waals surface area contributed by atoms with Gasteiger partial charge in [-0.25, -0.2) is 0 Å². The van der Waals surface area contributed by atoms with Crippen LogP contribution in [0.3, 0.4) is 0 Å². The van der Waals surface area contributed by atoms with Crippen LogP contribution in [0.4, 0.5) is 0 Å². The van der Waals surface area contributed by atoms with Gasteiger partial charge < -0.3 is 14.9 Å². The summed E-state index contributed by atoms with van der Waals surface area (Å²) in [5, 5.41) is 7.76. The lowest BCUT2D eigenvalue weighted by Gasteiger charge is -2.52. The standard InChI is InChI=1S/C23H34N2O4/c1-22-9-6-18-16(17(22)3-4-19(22)26)12-21(27)28-20-11-14(5-8-23(18,20)2)25-29-15-7-10-24-13-15/h15-18,20,24H,3-13H2,1-2H3/b25-14-/t15-,16+,17+,18+,20?,22+,23-/m1/s1. The van der Waals surface area contributed by atoms with Gasteiger partial charge in [0.05, 0.1) is 5.71 Å². The van der Waals surface area contributed by atoms with Crippen LogP contribution in [0.2, 0.25) is 0 Å². The maximum absolute atomic E-state index is 12.8. The molecule has 6 heteroatoms. The van der Waals surface area contributed by atoms with Crippen molar-refractivity contribution in [3.63, 3.8) is 0 Å². The highest BCUT2D eigenvalue weighted by molar-refractivity contribution is 5.88. The monoisotopic (exact) mass is 402 g/mol. The molecular formula is C23H34N2O4. The average Bonchev–Trinajstić information content (AvgIpc) is 3.28. The van der Waals surface area contributed by atoms with Crippen LogP contribution in [0.1, 0.15) is 71.6 Å². The van der Waals surface area contributed by atoms with Crippen molar-refractivity contribution in [3.8, 4) is 0 Å². The van der Waals surface area contributed by atoms with Gasteiger partial charge in [0.25, 0.3) is 0 Å². The number of rotatable bonds is 2. The first-order chi connectivity index (χ1) is 13.9. The molecule has 3 saturated carbocycles. The van der Waals surface area contributed by atoms with E-state index in [0.29, 0.717) is 36.9 Å². The Labute approximate surface area is 173 Å². The number of hydrogen-bond acceptors (Lipinski definition) is 6. The Hall–Kier alpha value is -1.43. The van der Waals surface area contributed by atoms with Crippen LogP contribution in [0.25, 0.3) is 0 Å². The highest BCUT2D eigenvalue weighted by Crippen LogP contribution is 2.62. The van der Waals surface area contributed by atoms with Crippen LogP contribution in [0.15, 0.2) is 5.16 Å². The van der Waals surface area contributed by atoms with Crippen LogP contribution in [0, 0.1) is 28.6 Å². The molecule has 0 bridgehead atoms. The summed E-state index contributed by atoms with van der Waals surface area (Å²) in [6.45, 7) is 6.32. The Morgan fingerprint density at radius 1 is 1.07 bits per heavy atom. The number of hydrogen-bond donors (Lipinski definition) is 1. The number of Topliss-reactive ketones (excluding diaryl/α,β-unsaturated/α-hetero) is 1. The predicted octanol–water partition coefficient (Wildman–Crippen LogP) is 3.24. The number of esters is 1. The molecule has 0 radical (unpaired) electrons. The van der Waals surface area contributed by atoms with E-state index in [-0.39, 0.29) is 34.9 Å². The Morgan fingerprint density at radius 2 is 1.93 bits per heavy atom. The van der Waals surface area contributed by atoms with Gasteiger partial charge in [0.1, 0.15) is 18.0 Å². The van der Waals surface area contributed by atoms with Crippen molar-refractivity contribution >= 4 is 17.5 Å². The third-order valence-electron chi connectivity index (χ3n) is 9.12. The fourth-order valence-electron chi connectivity index (χ4n) is 7.24. The second kappa shape index (κ2) is 7.07. The molecule has 2 aliphatic heterocycles. The van der Waals surface area contributed by atoms with Gasteiger partial charge in [0.2, 0.25) is 0 Å². The first-order valence-electron chi connectivity index (χ1n) is 11.6. The number of carbonyl (C=O) groups excluding carboxylic acids is 2. The topological polar surface area (TPSA) is 77.0 Å². The molecule has 1 N–H and O–H groups in total. The molecule has 0 aromatic rings. The number of carbonyl (C=O) groups is 2. The zero-order chi connectivity index (χ0) is 20.2. The Balaban J connectivity index is 1.37. The van der Waals surface area contributed by atoms with Gasteiger partial charge in [-0.1, -0.05) is 19.0 Å². The first-order valence-corrected chi connectivity index (χ1v) is 11.6. The predicted molar refractivity (Wildman–Crippen MR) is 108 cm³/mol. The summed E-state index contributed by atoms with van der Waals surface area (Å²) in [7, 11) is 0. The van der Waals surface area contributed by atoms with Crippen LogP contribution < -0.4 is 5.32 Å². The largest absolute Gasteiger partial charge is 0.461 e. The minimum absolute atomic E-state index is 0.0300. The fourth-order valence-corrected chi connectivity index (χ4v) is 7.24. The van der Waals surface area contributed by atoms with E-state index in [9.17, 15) is 9.59 Å². The van der Waals surface area contributed by atoms with Gasteiger partial charge in [0.15, 0.2) is 0 Å². The van der Waals surface area contributed by atoms with Crippen molar-refractivity contribution in [3.05, 3.63) is 0 Å². The molecular weight excluding hydrogens is 368 g/mol. The number of nitrogens with one attached hydrogen (secondary N) is 1. The quantitative estimate of drug-likeness (QED) is 0.567. The number of nitrogens with zero attached hydrogens (tertiary/aromatic N) is 1. The molecule has 7 atom stereocenters. The van der Waals surface area contributed by atoms with Gasteiger partial charge in [0, 0.05) is 43.1 Å². The van der Waals surface area contributed by atoms with Crippen LogP contribution in [-0.4, -0.2) is 42.8 Å². The molecule has 2 heterocycles. The molecule has 5 aliphatic rings. The van der Waals surface area contributed by atoms with E-state index >= 15 is 0 Å². The van der Waals surface area contributed by atoms with E-state index in [1.54, 1.807) is 0 Å². The summed E-state index contributed by atoms with van der Waals surface area (Å²) in [6, 6.07) is 0. The summed E-state index contributed by atoms with van der Waals surface area (Å²) in [6.07, 6.45) is 7.71. The third kappa shape index (κ3) is 3.13. The van der Waals surface area contributed by atoms with Gasteiger partial charge >= 0.3 is 5.97 Å². The molecule has 0 aromatic carbocycles. The van der Waals surface area contributed by atoms with Gasteiger partial charge in [-0.2, -0.15) is 0 Å². The average molecular weight is 403 g/mol. The van der Waals surface area contributed by atoms with Gasteiger partial charge in [-0.15, -0.1) is 0 Å². The lowest BCUT2D eigenvalue weighted by Crippen LogP contribution is -2.51. The number of fused-ring (bicyclic) bond motifs is 5. The first kappa shape index (κ1) is 19.5. The minimum atomic E-state index is -0.220. The maximum atomic E-state index is 12.8. The molecule has 1 unspecified atom stereocenters. The van der Waals surface area contributed by atoms with Crippen molar-refractivity contribution in [2.24, 2.45) is 33.7 Å². The van der Waals surface area contributed by atoms with E-state index in [0.717, 1.165) is 57.3 Å². The Morgan fingerprint density at radius 3 is 2.72 bits per heavy atom. The summed E-state index contributed by atoms with van der Waals surface area (Å²) in [5.74, 6) is 1.40. The van der Waals surface area contributed by atoms with Crippen molar-refractivity contribution in [1.82, 2.24) is 5.32 Å². The molecule has 2 saturated heterocycles. The minimum Gasteiger partial charge on any atom is -0.461 e. The number of ether oxygens (including phenoxy) is 1. The summed E-state index contributed by atoms with van der Waals surface area (Å²) in [5.41, 5.74) is 0.780. The molecule has 5 rings (SSSR count). The molecule has 29 heavy (non-hydrogen) atoms. The van der Waals surface area contributed by atoms with Crippen molar-refractivity contribution in [2.75, 3.05) is 13.1 Å². The third-order valence-corrected chi connectivity index (χ3v) is 9.12. The molecule has 6 nitrogen and oxygen atoms in total. The Kier molecular flexibility index (Phi) is 4.76. The van der Waals surface area contributed by atoms with Crippen LogP contribution in [0.5, 0.6) is 0 Å². The molecule has 0 amide bonds. The van der Waals surface area contributed by atoms with Crippen LogP contribution >= 0.6 is 0 Å². The van der Waals surface area contributed by atoms with Gasteiger partial charge in [-0.05, 0) is 56.4 Å². The Bertz CT molecular complexity index is 730. The summed E-state index contributed by atoms with van der Waals surface area (Å²) >= 11 is 0. The van der Waals surface area contributed by atoms with Crippen LogP contribution in [-0.2, 0) is 19.2 Å². The van der Waals surface area contributed by atoms with Crippen molar-refractivity contribution in [1.29, 1.82) is 0 Å². The second-order valence-electron chi connectivity index (χ2n) is 10.6. The lowest BCUT2D eigenvalue weighted by molar-refractivity contribution is -0.154. The number of oxime groups is 1. The normalized spacial score (nSPS) is 48.5. The summed E-state index contributed by atoms with van der Waals surface area (Å²) < 4.78 is 6.05. The highest BCUT2D eigenvalue weighted by Gasteiger charge is 2.60. The van der Waals surface area contributed by atoms with Gasteiger partial charge in [-0.3, -0.25) is 9.59 Å². The molecule has 3 aliphatic carbocycles. The highest BCUT2D eigenvalue weighted by atomic mass is 16.6. The second-order valence-corrected chi connectivity index (χ2v) is 10.6. The van der Waals surface area contributed by atoms with Crippen molar-refractivity contribution < 1.29 is 19.2 Å². The van der Waals surface area contributed by atoms with E-state index in [1.165, 1.54) is 0 Å². The molecule has 0 aromatic heterocycles. The van der Waals surface area contributed by atoms with E-state index in [1.807, 2.05) is 0 Å². The lowest BCUT2D eigenvalue weighted by atomic mass is 9.51. The maximum Gasteiger partial charge on any atom is 0.306 e. The van der Waals surface area contributed by atoms with Crippen molar-refractivity contribution in [2.45, 2.75) is 83.8 Å². The van der Waals surface area contributed by atoms with E-state index in [4.69, 9.17) is 9.57 Å². The molecule has 160 valence electrons. The van der Waals surface area contributed by atoms with E-state index in [2.05, 4.69) is 24.3 Å². The zero-order valence-corrected chi connectivity index (χ0v) is 17.7.